The van der Waals surface area contributed by atoms with Crippen LogP contribution in [0.15, 0.2) is 42.6 Å². The third-order valence-corrected chi connectivity index (χ3v) is 12.5. The zero-order valence-corrected chi connectivity index (χ0v) is 21.6. The molecule has 1 aromatic heterocycles. The number of aromatic nitrogens is 1. The highest BCUT2D eigenvalue weighted by atomic mass is 28.4. The summed E-state index contributed by atoms with van der Waals surface area (Å²) in [6, 6.07) is 11.9. The Morgan fingerprint density at radius 3 is 2.27 bits per heavy atom. The maximum Gasteiger partial charge on any atom is 0.212 e. The molecule has 1 aliphatic heterocycles. The Balaban J connectivity index is 1.48. The summed E-state index contributed by atoms with van der Waals surface area (Å²) >= 11 is 0. The van der Waals surface area contributed by atoms with Gasteiger partial charge in [0.05, 0.1) is 6.10 Å². The SMILES string of the molecule is CC(C)(C)[Si](C)(C)O[C@H]1Cc2ccccc2C[C@@H]1N1CCC(C(=O)c2ccc(F)nc2)CC1. The monoisotopic (exact) mass is 468 g/mol. The van der Waals surface area contributed by atoms with Gasteiger partial charge in [-0.2, -0.15) is 4.39 Å². The summed E-state index contributed by atoms with van der Waals surface area (Å²) in [7, 11) is -1.92. The maximum absolute atomic E-state index is 13.1. The van der Waals surface area contributed by atoms with Crippen molar-refractivity contribution in [1.29, 1.82) is 0 Å². The lowest BCUT2D eigenvalue weighted by molar-refractivity contribution is 0.0298. The van der Waals surface area contributed by atoms with Crippen LogP contribution in [0.5, 0.6) is 0 Å². The van der Waals surface area contributed by atoms with Crippen molar-refractivity contribution in [2.24, 2.45) is 5.92 Å². The van der Waals surface area contributed by atoms with Gasteiger partial charge in [0, 0.05) is 23.7 Å². The van der Waals surface area contributed by atoms with Crippen molar-refractivity contribution in [2.75, 3.05) is 13.1 Å². The number of ketones is 1. The predicted octanol–water partition coefficient (Wildman–Crippen LogP) is 5.67. The average molecular weight is 469 g/mol. The maximum atomic E-state index is 13.1. The van der Waals surface area contributed by atoms with E-state index in [4.69, 9.17) is 4.43 Å². The van der Waals surface area contributed by atoms with E-state index in [-0.39, 0.29) is 22.8 Å². The van der Waals surface area contributed by atoms with E-state index in [1.54, 1.807) is 6.07 Å². The highest BCUT2D eigenvalue weighted by Gasteiger charge is 2.43. The minimum atomic E-state index is -1.92. The van der Waals surface area contributed by atoms with Gasteiger partial charge in [0.2, 0.25) is 5.95 Å². The molecule has 0 amide bonds. The minimum Gasteiger partial charge on any atom is -0.412 e. The van der Waals surface area contributed by atoms with Gasteiger partial charge in [-0.15, -0.1) is 0 Å². The number of carbonyl (C=O) groups excluding carboxylic acids is 1. The number of hydrogen-bond acceptors (Lipinski definition) is 4. The van der Waals surface area contributed by atoms with Gasteiger partial charge in [0.15, 0.2) is 14.1 Å². The summed E-state index contributed by atoms with van der Waals surface area (Å²) in [5.41, 5.74) is 3.35. The van der Waals surface area contributed by atoms with E-state index in [9.17, 15) is 9.18 Å². The van der Waals surface area contributed by atoms with Gasteiger partial charge in [-0.05, 0) is 80.2 Å². The van der Waals surface area contributed by atoms with Crippen molar-refractivity contribution >= 4 is 14.1 Å². The van der Waals surface area contributed by atoms with Crippen LogP contribution in [0.4, 0.5) is 4.39 Å². The van der Waals surface area contributed by atoms with Crippen LogP contribution in [0.2, 0.25) is 18.1 Å². The number of nitrogens with zero attached hydrogens (tertiary/aromatic N) is 2. The van der Waals surface area contributed by atoms with Gasteiger partial charge in [-0.1, -0.05) is 45.0 Å². The van der Waals surface area contributed by atoms with Crippen molar-refractivity contribution in [3.05, 3.63) is 65.2 Å². The number of carbonyl (C=O) groups is 1. The van der Waals surface area contributed by atoms with Gasteiger partial charge >= 0.3 is 0 Å². The van der Waals surface area contributed by atoms with E-state index in [0.29, 0.717) is 11.6 Å². The topological polar surface area (TPSA) is 42.4 Å². The second kappa shape index (κ2) is 9.39. The summed E-state index contributed by atoms with van der Waals surface area (Å²) in [6.45, 7) is 13.3. The average Bonchev–Trinajstić information content (AvgIpc) is 2.78. The van der Waals surface area contributed by atoms with Crippen molar-refractivity contribution in [1.82, 2.24) is 9.88 Å². The Morgan fingerprint density at radius 2 is 1.70 bits per heavy atom. The molecule has 2 heterocycles. The number of Topliss-reactive ketones (excluding diaryl/α,β-unsaturated/α-hetero) is 1. The van der Waals surface area contributed by atoms with E-state index in [2.05, 4.69) is 68.0 Å². The third-order valence-electron chi connectivity index (χ3n) is 8.03. The Kier molecular flexibility index (Phi) is 6.90. The van der Waals surface area contributed by atoms with E-state index in [1.165, 1.54) is 23.4 Å². The quantitative estimate of drug-likeness (QED) is 0.322. The smallest absolute Gasteiger partial charge is 0.212 e. The molecular formula is C27H37FN2O2Si. The fraction of sp³-hybridized carbons (Fsp3) is 0.556. The first kappa shape index (κ1) is 24.2. The van der Waals surface area contributed by atoms with Gasteiger partial charge in [0.25, 0.3) is 0 Å². The van der Waals surface area contributed by atoms with Crippen molar-refractivity contribution in [3.63, 3.8) is 0 Å². The number of piperidine rings is 1. The van der Waals surface area contributed by atoms with Crippen LogP contribution in [-0.4, -0.2) is 49.2 Å². The van der Waals surface area contributed by atoms with Crippen LogP contribution in [0.1, 0.15) is 55.1 Å². The van der Waals surface area contributed by atoms with Gasteiger partial charge in [-0.25, -0.2) is 4.98 Å². The molecule has 1 aromatic carbocycles. The molecule has 2 atom stereocenters. The molecule has 1 saturated heterocycles. The number of pyridine rings is 1. The molecule has 2 aromatic rings. The third kappa shape index (κ3) is 5.28. The predicted molar refractivity (Wildman–Crippen MR) is 133 cm³/mol. The van der Waals surface area contributed by atoms with E-state index in [1.807, 2.05) is 0 Å². The molecule has 6 heteroatoms. The molecule has 4 rings (SSSR count). The highest BCUT2D eigenvalue weighted by molar-refractivity contribution is 6.74. The Labute approximate surface area is 198 Å². The first-order valence-electron chi connectivity index (χ1n) is 12.2. The lowest BCUT2D eigenvalue weighted by Gasteiger charge is -2.47. The van der Waals surface area contributed by atoms with Crippen molar-refractivity contribution in [2.45, 2.75) is 76.7 Å². The second-order valence-corrected chi connectivity index (χ2v) is 16.0. The Morgan fingerprint density at radius 1 is 1.06 bits per heavy atom. The molecule has 0 radical (unpaired) electrons. The standard InChI is InChI=1S/C27H37FN2O2Si/c1-27(2,3)33(4,5)32-24-17-21-9-7-6-8-20(21)16-23(24)30-14-12-19(13-15-30)26(31)22-10-11-25(28)29-18-22/h6-11,18-19,23-24H,12-17H2,1-5H3/t23-,24-/m0/s1. The molecule has 178 valence electrons. The summed E-state index contributed by atoms with van der Waals surface area (Å²) in [5.74, 6) is -0.485. The molecule has 1 aliphatic carbocycles. The van der Waals surface area contributed by atoms with Crippen molar-refractivity contribution < 1.29 is 13.6 Å². The van der Waals surface area contributed by atoms with Crippen LogP contribution in [0.25, 0.3) is 0 Å². The molecule has 33 heavy (non-hydrogen) atoms. The molecular weight excluding hydrogens is 431 g/mol. The van der Waals surface area contributed by atoms with Crippen LogP contribution < -0.4 is 0 Å². The largest absolute Gasteiger partial charge is 0.412 e. The van der Waals surface area contributed by atoms with Gasteiger partial charge in [-0.3, -0.25) is 9.69 Å². The molecule has 0 unspecified atom stereocenters. The van der Waals surface area contributed by atoms with Crippen LogP contribution in [0, 0.1) is 11.9 Å². The minimum absolute atomic E-state index is 0.0239. The van der Waals surface area contributed by atoms with Crippen LogP contribution in [0.3, 0.4) is 0 Å². The summed E-state index contributed by atoms with van der Waals surface area (Å²) in [6.07, 6.45) is 5.13. The number of halogens is 1. The molecule has 0 saturated carbocycles. The summed E-state index contributed by atoms with van der Waals surface area (Å²) in [5, 5.41) is 0.164. The van der Waals surface area contributed by atoms with Crippen molar-refractivity contribution in [3.8, 4) is 0 Å². The summed E-state index contributed by atoms with van der Waals surface area (Å²) in [4.78, 5) is 19.1. The molecule has 2 aliphatic rings. The normalized spacial score (nSPS) is 22.7. The molecule has 0 spiro atoms. The van der Waals surface area contributed by atoms with Gasteiger partial charge < -0.3 is 4.43 Å². The molecule has 0 N–H and O–H groups in total. The fourth-order valence-corrected chi connectivity index (χ4v) is 6.31. The van der Waals surface area contributed by atoms with Crippen LogP contribution in [-0.2, 0) is 17.3 Å². The summed E-state index contributed by atoms with van der Waals surface area (Å²) < 4.78 is 20.2. The van der Waals surface area contributed by atoms with Crippen LogP contribution >= 0.6 is 0 Å². The number of fused-ring (bicyclic) bond motifs is 1. The zero-order valence-electron chi connectivity index (χ0n) is 20.6. The fourth-order valence-electron chi connectivity index (χ4n) is 4.96. The van der Waals surface area contributed by atoms with E-state index < -0.39 is 14.3 Å². The lowest BCUT2D eigenvalue weighted by atomic mass is 9.83. The molecule has 0 bridgehead atoms. The number of likely N-dealkylation sites (tertiary alicyclic amines) is 1. The van der Waals surface area contributed by atoms with E-state index in [0.717, 1.165) is 38.8 Å². The number of rotatable bonds is 5. The Bertz CT molecular complexity index is 978. The number of benzene rings is 1. The second-order valence-electron chi connectivity index (χ2n) is 11.2. The Hall–Kier alpha value is -1.89. The molecule has 1 fully saturated rings. The van der Waals surface area contributed by atoms with E-state index >= 15 is 0 Å². The van der Waals surface area contributed by atoms with Gasteiger partial charge in [0.1, 0.15) is 0 Å². The lowest BCUT2D eigenvalue weighted by Crippen LogP contribution is -2.56. The first-order chi connectivity index (χ1) is 15.5. The highest BCUT2D eigenvalue weighted by Crippen LogP contribution is 2.40. The molecule has 4 nitrogen and oxygen atoms in total. The number of hydrogen-bond donors (Lipinski definition) is 0. The zero-order chi connectivity index (χ0) is 23.8. The first-order valence-corrected chi connectivity index (χ1v) is 15.1.